The van der Waals surface area contributed by atoms with Crippen molar-refractivity contribution >= 4 is 11.6 Å². The molecule has 2 N–H and O–H groups in total. The molecule has 3 nitrogen and oxygen atoms in total. The summed E-state index contributed by atoms with van der Waals surface area (Å²) in [5.41, 5.74) is 3.31. The number of aryl methyl sites for hydroxylation is 1. The third kappa shape index (κ3) is 3.14. The Hall–Kier alpha value is -1.51. The van der Waals surface area contributed by atoms with Gasteiger partial charge in [0, 0.05) is 24.3 Å². The molecule has 0 spiro atoms. The van der Waals surface area contributed by atoms with Crippen molar-refractivity contribution in [3.63, 3.8) is 0 Å². The zero-order valence-corrected chi connectivity index (χ0v) is 13.0. The Morgan fingerprint density at radius 3 is 2.70 bits per heavy atom. The molecule has 0 aliphatic heterocycles. The zero-order chi connectivity index (χ0) is 14.8. The Morgan fingerprint density at radius 1 is 1.30 bits per heavy atom. The molecule has 20 heavy (non-hydrogen) atoms. The van der Waals surface area contributed by atoms with Crippen LogP contribution in [0, 0.1) is 12.3 Å². The van der Waals surface area contributed by atoms with Gasteiger partial charge in [-0.2, -0.15) is 0 Å². The summed E-state index contributed by atoms with van der Waals surface area (Å²) in [4.78, 5) is 11.8. The molecule has 1 atom stereocenters. The highest BCUT2D eigenvalue weighted by atomic mass is 16.1. The topological polar surface area (TPSA) is 41.1 Å². The molecular weight excluding hydrogens is 248 g/mol. The van der Waals surface area contributed by atoms with Crippen molar-refractivity contribution in [1.82, 2.24) is 5.32 Å². The molecule has 0 heterocycles. The molecule has 1 aromatic rings. The van der Waals surface area contributed by atoms with Gasteiger partial charge in [0.05, 0.1) is 0 Å². The van der Waals surface area contributed by atoms with Gasteiger partial charge >= 0.3 is 0 Å². The maximum Gasteiger partial charge on any atom is 0.251 e. The second-order valence-corrected chi connectivity index (χ2v) is 6.54. The number of hydrogen-bond donors (Lipinski definition) is 2. The molecular formula is C17H26N2O. The van der Waals surface area contributed by atoms with Crippen LogP contribution in [0.3, 0.4) is 0 Å². The van der Waals surface area contributed by atoms with E-state index in [0.717, 1.165) is 5.69 Å². The molecule has 2 rings (SSSR count). The minimum atomic E-state index is -0.0315. The number of benzene rings is 1. The second-order valence-electron chi connectivity index (χ2n) is 6.54. The molecule has 1 aliphatic rings. The summed E-state index contributed by atoms with van der Waals surface area (Å²) in [6.45, 7) is 6.76. The van der Waals surface area contributed by atoms with Crippen molar-refractivity contribution in [2.75, 3.05) is 12.4 Å². The van der Waals surface area contributed by atoms with E-state index in [4.69, 9.17) is 0 Å². The van der Waals surface area contributed by atoms with Gasteiger partial charge in [0.1, 0.15) is 0 Å². The lowest BCUT2D eigenvalue weighted by molar-refractivity contribution is 0.0963. The lowest BCUT2D eigenvalue weighted by Gasteiger charge is -2.40. The Bertz CT molecular complexity index is 494. The van der Waals surface area contributed by atoms with E-state index in [-0.39, 0.29) is 5.91 Å². The number of carbonyl (C=O) groups is 1. The summed E-state index contributed by atoms with van der Waals surface area (Å²) in [5, 5.41) is 6.36. The van der Waals surface area contributed by atoms with Gasteiger partial charge in [-0.15, -0.1) is 0 Å². The monoisotopic (exact) mass is 274 g/mol. The first-order valence-corrected chi connectivity index (χ1v) is 7.53. The summed E-state index contributed by atoms with van der Waals surface area (Å²) in [6, 6.07) is 6.35. The van der Waals surface area contributed by atoms with Gasteiger partial charge in [0.2, 0.25) is 0 Å². The molecule has 1 saturated carbocycles. The van der Waals surface area contributed by atoms with Crippen molar-refractivity contribution in [1.29, 1.82) is 0 Å². The first-order chi connectivity index (χ1) is 9.44. The van der Waals surface area contributed by atoms with Gasteiger partial charge in [-0.05, 0) is 42.9 Å². The van der Waals surface area contributed by atoms with E-state index in [9.17, 15) is 4.79 Å². The van der Waals surface area contributed by atoms with E-state index in [0.29, 0.717) is 17.0 Å². The molecule has 0 bridgehead atoms. The number of anilines is 1. The maximum atomic E-state index is 11.8. The molecule has 0 aromatic heterocycles. The molecule has 0 saturated heterocycles. The minimum Gasteiger partial charge on any atom is -0.382 e. The van der Waals surface area contributed by atoms with Gasteiger partial charge in [-0.1, -0.05) is 32.8 Å². The summed E-state index contributed by atoms with van der Waals surface area (Å²) >= 11 is 0. The second kappa shape index (κ2) is 5.86. The first-order valence-electron chi connectivity index (χ1n) is 7.53. The Balaban J connectivity index is 2.21. The minimum absolute atomic E-state index is 0.0315. The highest BCUT2D eigenvalue weighted by Crippen LogP contribution is 2.37. The number of carbonyl (C=O) groups excluding carboxylic acids is 1. The lowest BCUT2D eigenvalue weighted by Crippen LogP contribution is -2.39. The van der Waals surface area contributed by atoms with E-state index in [1.165, 1.54) is 31.2 Å². The third-order valence-corrected chi connectivity index (χ3v) is 4.56. The highest BCUT2D eigenvalue weighted by molar-refractivity contribution is 5.95. The van der Waals surface area contributed by atoms with Crippen LogP contribution in [0.5, 0.6) is 0 Å². The van der Waals surface area contributed by atoms with Crippen LogP contribution < -0.4 is 10.6 Å². The largest absolute Gasteiger partial charge is 0.382 e. The van der Waals surface area contributed by atoms with Crippen LogP contribution in [0.15, 0.2) is 18.2 Å². The van der Waals surface area contributed by atoms with Gasteiger partial charge in [-0.3, -0.25) is 4.79 Å². The van der Waals surface area contributed by atoms with Crippen molar-refractivity contribution in [2.45, 2.75) is 52.5 Å². The number of nitrogens with one attached hydrogen (secondary N) is 2. The predicted molar refractivity (Wildman–Crippen MR) is 84.2 cm³/mol. The average molecular weight is 274 g/mol. The normalized spacial score (nSPS) is 21.3. The van der Waals surface area contributed by atoms with Crippen LogP contribution in [-0.2, 0) is 0 Å². The third-order valence-electron chi connectivity index (χ3n) is 4.56. The van der Waals surface area contributed by atoms with E-state index in [2.05, 4.69) is 31.4 Å². The van der Waals surface area contributed by atoms with Gasteiger partial charge in [0.15, 0.2) is 0 Å². The summed E-state index contributed by atoms with van der Waals surface area (Å²) in [5.74, 6) is -0.0315. The van der Waals surface area contributed by atoms with Gasteiger partial charge in [-0.25, -0.2) is 0 Å². The van der Waals surface area contributed by atoms with Crippen LogP contribution in [0.2, 0.25) is 0 Å². The van der Waals surface area contributed by atoms with Crippen LogP contribution in [-0.4, -0.2) is 19.0 Å². The quantitative estimate of drug-likeness (QED) is 0.881. The van der Waals surface area contributed by atoms with Gasteiger partial charge < -0.3 is 10.6 Å². The van der Waals surface area contributed by atoms with Gasteiger partial charge in [0.25, 0.3) is 5.91 Å². The Morgan fingerprint density at radius 2 is 2.05 bits per heavy atom. The van der Waals surface area contributed by atoms with Crippen LogP contribution in [0.4, 0.5) is 5.69 Å². The number of rotatable bonds is 3. The average Bonchev–Trinajstić information content (AvgIpc) is 2.42. The molecule has 1 unspecified atom stereocenters. The molecule has 1 fully saturated rings. The van der Waals surface area contributed by atoms with Crippen LogP contribution in [0.25, 0.3) is 0 Å². The van der Waals surface area contributed by atoms with Crippen LogP contribution in [0.1, 0.15) is 55.5 Å². The van der Waals surface area contributed by atoms with Crippen LogP contribution >= 0.6 is 0 Å². The smallest absolute Gasteiger partial charge is 0.251 e. The highest BCUT2D eigenvalue weighted by Gasteiger charge is 2.32. The molecule has 110 valence electrons. The van der Waals surface area contributed by atoms with E-state index < -0.39 is 0 Å². The van der Waals surface area contributed by atoms with Crippen molar-refractivity contribution in [3.05, 3.63) is 29.3 Å². The maximum absolute atomic E-state index is 11.8. The lowest BCUT2D eigenvalue weighted by atomic mass is 9.73. The predicted octanol–water partition coefficient (Wildman–Crippen LogP) is 3.74. The molecule has 1 aromatic carbocycles. The molecule has 1 aliphatic carbocycles. The SMILES string of the molecule is CNC(=O)c1ccc(C)c(NC2CCCCC2(C)C)c1. The standard InChI is InChI=1S/C17H26N2O/c1-12-8-9-13(16(20)18-4)11-14(12)19-15-7-5-6-10-17(15,2)3/h8-9,11,15,19H,5-7,10H2,1-4H3,(H,18,20). The number of hydrogen-bond acceptors (Lipinski definition) is 2. The summed E-state index contributed by atoms with van der Waals surface area (Å²) < 4.78 is 0. The summed E-state index contributed by atoms with van der Waals surface area (Å²) in [6.07, 6.45) is 5.08. The fourth-order valence-corrected chi connectivity index (χ4v) is 3.01. The summed E-state index contributed by atoms with van der Waals surface area (Å²) in [7, 11) is 1.67. The Kier molecular flexibility index (Phi) is 4.36. The Labute approximate surface area is 122 Å². The first kappa shape index (κ1) is 14.9. The van der Waals surface area contributed by atoms with E-state index >= 15 is 0 Å². The van der Waals surface area contributed by atoms with E-state index in [1.807, 2.05) is 18.2 Å². The van der Waals surface area contributed by atoms with Crippen molar-refractivity contribution in [2.24, 2.45) is 5.41 Å². The van der Waals surface area contributed by atoms with Crippen molar-refractivity contribution < 1.29 is 4.79 Å². The van der Waals surface area contributed by atoms with Crippen molar-refractivity contribution in [3.8, 4) is 0 Å². The fraction of sp³-hybridized carbons (Fsp3) is 0.588. The fourth-order valence-electron chi connectivity index (χ4n) is 3.01. The number of amides is 1. The zero-order valence-electron chi connectivity index (χ0n) is 13.0. The molecule has 1 amide bonds. The van der Waals surface area contributed by atoms with E-state index in [1.54, 1.807) is 7.05 Å². The molecule has 3 heteroatoms. The molecule has 0 radical (unpaired) electrons.